The summed E-state index contributed by atoms with van der Waals surface area (Å²) < 4.78 is 5.42. The van der Waals surface area contributed by atoms with E-state index in [2.05, 4.69) is 53.0 Å². The highest BCUT2D eigenvalue weighted by atomic mass is 16.5. The largest absolute Gasteiger partial charge is 0.378 e. The predicted molar refractivity (Wildman–Crippen MR) is 121 cm³/mol. The number of hydrogen-bond acceptors (Lipinski definition) is 4. The highest BCUT2D eigenvalue weighted by molar-refractivity contribution is 6.23. The number of benzene rings is 2. The Morgan fingerprint density at radius 1 is 1.10 bits per heavy atom. The van der Waals surface area contributed by atoms with Gasteiger partial charge in [-0.25, -0.2) is 4.98 Å². The number of nitrogens with zero attached hydrogens (tertiary/aromatic N) is 3. The maximum Gasteiger partial charge on any atom is 0.257 e. The van der Waals surface area contributed by atoms with E-state index in [0.717, 1.165) is 29.7 Å². The van der Waals surface area contributed by atoms with Crippen molar-refractivity contribution in [2.24, 2.45) is 0 Å². The van der Waals surface area contributed by atoms with Crippen molar-refractivity contribution in [2.45, 2.75) is 13.8 Å². The molecule has 2 aromatic carbocycles. The molecule has 2 heterocycles. The molecule has 1 fully saturated rings. The van der Waals surface area contributed by atoms with Crippen molar-refractivity contribution in [1.82, 2.24) is 14.9 Å². The van der Waals surface area contributed by atoms with Crippen molar-refractivity contribution >= 4 is 34.3 Å². The van der Waals surface area contributed by atoms with Crippen LogP contribution in [0.5, 0.6) is 0 Å². The van der Waals surface area contributed by atoms with Gasteiger partial charge < -0.3 is 19.5 Å². The Balaban J connectivity index is 1.71. The number of anilines is 1. The lowest BCUT2D eigenvalue weighted by atomic mass is 10.1. The molecule has 1 aromatic heterocycles. The lowest BCUT2D eigenvalue weighted by molar-refractivity contribution is -0.128. The summed E-state index contributed by atoms with van der Waals surface area (Å²) in [7, 11) is 0. The molecule has 156 valence electrons. The molecule has 4 rings (SSSR count). The summed E-state index contributed by atoms with van der Waals surface area (Å²) in [5, 5.41) is 0. The molecule has 3 aromatic rings. The van der Waals surface area contributed by atoms with Gasteiger partial charge in [0.1, 0.15) is 5.82 Å². The van der Waals surface area contributed by atoms with E-state index >= 15 is 0 Å². The summed E-state index contributed by atoms with van der Waals surface area (Å²) in [5.41, 5.74) is 4.50. The molecule has 1 N–H and O–H groups in total. The maximum atomic E-state index is 13.4. The second-order valence-corrected chi connectivity index (χ2v) is 7.33. The second-order valence-electron chi connectivity index (χ2n) is 7.33. The van der Waals surface area contributed by atoms with Crippen LogP contribution < -0.4 is 4.90 Å². The molecule has 0 radical (unpaired) electrons. The number of carbonyl (C=O) groups is 1. The van der Waals surface area contributed by atoms with E-state index in [-0.39, 0.29) is 5.91 Å². The second kappa shape index (κ2) is 9.13. The highest BCUT2D eigenvalue weighted by Crippen LogP contribution is 2.24. The van der Waals surface area contributed by atoms with Crippen LogP contribution in [-0.2, 0) is 9.53 Å². The monoisotopic (exact) mass is 404 g/mol. The average Bonchev–Trinajstić information content (AvgIpc) is 3.23. The zero-order chi connectivity index (χ0) is 20.9. The minimum absolute atomic E-state index is 0.0230. The van der Waals surface area contributed by atoms with Crippen molar-refractivity contribution < 1.29 is 9.53 Å². The van der Waals surface area contributed by atoms with Crippen LogP contribution in [0.4, 0.5) is 5.69 Å². The molecule has 0 bridgehead atoms. The lowest BCUT2D eigenvalue weighted by Crippen LogP contribution is -2.41. The van der Waals surface area contributed by atoms with Gasteiger partial charge in [-0.2, -0.15) is 0 Å². The number of amides is 1. The molecular formula is C24H28N4O2. The fraction of sp³-hybridized carbons (Fsp3) is 0.333. The van der Waals surface area contributed by atoms with E-state index in [0.29, 0.717) is 37.7 Å². The zero-order valence-corrected chi connectivity index (χ0v) is 17.6. The molecule has 0 unspecified atom stereocenters. The van der Waals surface area contributed by atoms with E-state index in [4.69, 9.17) is 4.74 Å². The SMILES string of the molecule is CCN(CC)c1ccc(C=C(C(=O)N2CCOCC2)c2nc3ccccc3[nH]2)cc1. The molecule has 0 aliphatic carbocycles. The quantitative estimate of drug-likeness (QED) is 0.635. The maximum absolute atomic E-state index is 13.4. The van der Waals surface area contributed by atoms with Crippen LogP contribution in [0.15, 0.2) is 48.5 Å². The molecule has 6 heteroatoms. The molecule has 0 spiro atoms. The number of para-hydroxylation sites is 2. The standard InChI is InChI=1S/C24H28N4O2/c1-3-27(4-2)19-11-9-18(10-12-19)17-20(24(29)28-13-15-30-16-14-28)23-25-21-7-5-6-8-22(21)26-23/h5-12,17H,3-4,13-16H2,1-2H3,(H,25,26). The topological polar surface area (TPSA) is 61.5 Å². The smallest absolute Gasteiger partial charge is 0.257 e. The Kier molecular flexibility index (Phi) is 6.14. The third-order valence-corrected chi connectivity index (χ3v) is 5.51. The summed E-state index contributed by atoms with van der Waals surface area (Å²) in [6.45, 7) is 8.55. The van der Waals surface area contributed by atoms with Gasteiger partial charge in [0.15, 0.2) is 0 Å². The molecule has 6 nitrogen and oxygen atoms in total. The minimum Gasteiger partial charge on any atom is -0.378 e. The number of imidazole rings is 1. The molecule has 30 heavy (non-hydrogen) atoms. The number of fused-ring (bicyclic) bond motifs is 1. The van der Waals surface area contributed by atoms with Crippen LogP contribution in [0.3, 0.4) is 0 Å². The van der Waals surface area contributed by atoms with E-state index in [9.17, 15) is 4.79 Å². The number of aromatic amines is 1. The Bertz CT molecular complexity index is 996. The third kappa shape index (κ3) is 4.24. The Morgan fingerprint density at radius 2 is 1.80 bits per heavy atom. The van der Waals surface area contributed by atoms with Crippen LogP contribution >= 0.6 is 0 Å². The molecule has 0 saturated carbocycles. The van der Waals surface area contributed by atoms with Gasteiger partial charge in [0.05, 0.1) is 29.8 Å². The first-order valence-electron chi connectivity index (χ1n) is 10.6. The van der Waals surface area contributed by atoms with Crippen molar-refractivity contribution in [1.29, 1.82) is 0 Å². The Morgan fingerprint density at radius 3 is 2.47 bits per heavy atom. The normalized spacial score (nSPS) is 14.9. The molecular weight excluding hydrogens is 376 g/mol. The summed E-state index contributed by atoms with van der Waals surface area (Å²) >= 11 is 0. The summed E-state index contributed by atoms with van der Waals surface area (Å²) in [6, 6.07) is 16.2. The minimum atomic E-state index is -0.0230. The zero-order valence-electron chi connectivity index (χ0n) is 17.6. The lowest BCUT2D eigenvalue weighted by Gasteiger charge is -2.27. The van der Waals surface area contributed by atoms with Gasteiger partial charge >= 0.3 is 0 Å². The number of ether oxygens (including phenoxy) is 1. The van der Waals surface area contributed by atoms with Gasteiger partial charge in [-0.05, 0) is 49.8 Å². The van der Waals surface area contributed by atoms with Gasteiger partial charge in [0.25, 0.3) is 5.91 Å². The number of morpholine rings is 1. The van der Waals surface area contributed by atoms with Crippen LogP contribution in [0, 0.1) is 0 Å². The number of H-pyrrole nitrogens is 1. The number of aromatic nitrogens is 2. The van der Waals surface area contributed by atoms with Crippen LogP contribution in [0.25, 0.3) is 22.7 Å². The van der Waals surface area contributed by atoms with E-state index in [1.807, 2.05) is 35.2 Å². The predicted octanol–water partition coefficient (Wildman–Crippen LogP) is 3.81. The van der Waals surface area contributed by atoms with Crippen LogP contribution in [0.2, 0.25) is 0 Å². The Labute approximate surface area is 177 Å². The molecule has 1 saturated heterocycles. The Hall–Kier alpha value is -3.12. The van der Waals surface area contributed by atoms with Gasteiger partial charge in [0.2, 0.25) is 0 Å². The summed E-state index contributed by atoms with van der Waals surface area (Å²) in [4.78, 5) is 25.5. The van der Waals surface area contributed by atoms with Crippen molar-refractivity contribution in [3.8, 4) is 0 Å². The van der Waals surface area contributed by atoms with Gasteiger partial charge in [-0.15, -0.1) is 0 Å². The fourth-order valence-corrected chi connectivity index (χ4v) is 3.79. The van der Waals surface area contributed by atoms with E-state index in [1.54, 1.807) is 0 Å². The molecule has 0 atom stereocenters. The molecule has 1 aliphatic heterocycles. The fourth-order valence-electron chi connectivity index (χ4n) is 3.79. The van der Waals surface area contributed by atoms with Gasteiger partial charge in [0, 0.05) is 31.9 Å². The van der Waals surface area contributed by atoms with Crippen LogP contribution in [0.1, 0.15) is 25.2 Å². The van der Waals surface area contributed by atoms with Crippen LogP contribution in [-0.4, -0.2) is 60.2 Å². The average molecular weight is 405 g/mol. The molecule has 1 amide bonds. The van der Waals surface area contributed by atoms with Crippen molar-refractivity contribution in [3.05, 3.63) is 59.9 Å². The van der Waals surface area contributed by atoms with Gasteiger partial charge in [-0.3, -0.25) is 4.79 Å². The number of rotatable bonds is 6. The summed E-state index contributed by atoms with van der Waals surface area (Å²) in [6.07, 6.45) is 1.93. The van der Waals surface area contributed by atoms with E-state index in [1.165, 1.54) is 5.69 Å². The number of hydrogen-bond donors (Lipinski definition) is 1. The summed E-state index contributed by atoms with van der Waals surface area (Å²) in [5.74, 6) is 0.575. The van der Waals surface area contributed by atoms with Crippen molar-refractivity contribution in [3.63, 3.8) is 0 Å². The third-order valence-electron chi connectivity index (χ3n) is 5.51. The first-order chi connectivity index (χ1) is 14.7. The first-order valence-corrected chi connectivity index (χ1v) is 10.6. The highest BCUT2D eigenvalue weighted by Gasteiger charge is 2.24. The first kappa shape index (κ1) is 20.2. The molecule has 1 aliphatic rings. The van der Waals surface area contributed by atoms with Crippen molar-refractivity contribution in [2.75, 3.05) is 44.3 Å². The number of nitrogens with one attached hydrogen (secondary N) is 1. The van der Waals surface area contributed by atoms with E-state index < -0.39 is 0 Å². The number of carbonyl (C=O) groups excluding carboxylic acids is 1. The van der Waals surface area contributed by atoms with Gasteiger partial charge in [-0.1, -0.05) is 24.3 Å².